The number of fused-ring (bicyclic) bond motifs is 1. The molecule has 0 amide bonds. The number of nitrogens with one attached hydrogen (secondary N) is 1. The van der Waals surface area contributed by atoms with Crippen molar-refractivity contribution in [3.8, 4) is 0 Å². The fraction of sp³-hybridized carbons (Fsp3) is 0.647. The van der Waals surface area contributed by atoms with Crippen LogP contribution >= 0.6 is 11.3 Å². The SMILES string of the molecule is c1cnc2sc(CN3CCCC(C4CCNCC4)C3)nc2c1. The van der Waals surface area contributed by atoms with E-state index in [0.29, 0.717) is 0 Å². The molecule has 0 saturated carbocycles. The molecular formula is C17H24N4S. The molecule has 5 heteroatoms. The summed E-state index contributed by atoms with van der Waals surface area (Å²) in [6.07, 6.45) is 7.35. The van der Waals surface area contributed by atoms with Crippen LogP contribution in [0.3, 0.4) is 0 Å². The van der Waals surface area contributed by atoms with E-state index in [0.717, 1.165) is 28.7 Å². The highest BCUT2D eigenvalue weighted by molar-refractivity contribution is 7.18. The summed E-state index contributed by atoms with van der Waals surface area (Å²) >= 11 is 1.75. The van der Waals surface area contributed by atoms with Gasteiger partial charge in [0.1, 0.15) is 15.4 Å². The molecule has 2 aliphatic heterocycles. The highest BCUT2D eigenvalue weighted by Crippen LogP contribution is 2.31. The lowest BCUT2D eigenvalue weighted by Crippen LogP contribution is -2.41. The van der Waals surface area contributed by atoms with E-state index in [1.165, 1.54) is 56.9 Å². The maximum atomic E-state index is 4.75. The van der Waals surface area contributed by atoms with Crippen LogP contribution in [0.4, 0.5) is 0 Å². The molecular weight excluding hydrogens is 292 g/mol. The summed E-state index contributed by atoms with van der Waals surface area (Å²) in [6.45, 7) is 5.91. The average molecular weight is 316 g/mol. The Morgan fingerprint density at radius 1 is 1.23 bits per heavy atom. The molecule has 0 aromatic carbocycles. The highest BCUT2D eigenvalue weighted by atomic mass is 32.1. The molecule has 22 heavy (non-hydrogen) atoms. The van der Waals surface area contributed by atoms with Crippen LogP contribution < -0.4 is 5.32 Å². The van der Waals surface area contributed by atoms with Crippen molar-refractivity contribution < 1.29 is 0 Å². The summed E-state index contributed by atoms with van der Waals surface area (Å²) in [4.78, 5) is 12.9. The number of hydrogen-bond acceptors (Lipinski definition) is 5. The molecule has 118 valence electrons. The minimum Gasteiger partial charge on any atom is -0.317 e. The number of aromatic nitrogens is 2. The van der Waals surface area contributed by atoms with Crippen LogP contribution in [0.2, 0.25) is 0 Å². The number of piperidine rings is 2. The van der Waals surface area contributed by atoms with E-state index >= 15 is 0 Å². The summed E-state index contributed by atoms with van der Waals surface area (Å²) in [6, 6.07) is 4.04. The third kappa shape index (κ3) is 3.16. The van der Waals surface area contributed by atoms with Gasteiger partial charge >= 0.3 is 0 Å². The standard InChI is InChI=1S/C17H24N4S/c1-4-15-17(19-7-1)22-16(20-15)12-21-10-2-3-14(11-21)13-5-8-18-9-6-13/h1,4,7,13-14,18H,2-3,5-6,8-12H2. The Morgan fingerprint density at radius 2 is 2.14 bits per heavy atom. The minimum atomic E-state index is 0.892. The van der Waals surface area contributed by atoms with Crippen LogP contribution in [-0.2, 0) is 6.54 Å². The topological polar surface area (TPSA) is 41.1 Å². The molecule has 2 aromatic rings. The maximum absolute atomic E-state index is 4.75. The Bertz CT molecular complexity index is 587. The number of rotatable bonds is 3. The van der Waals surface area contributed by atoms with E-state index in [4.69, 9.17) is 4.98 Å². The van der Waals surface area contributed by atoms with E-state index in [2.05, 4.69) is 21.3 Å². The smallest absolute Gasteiger partial charge is 0.143 e. The van der Waals surface area contributed by atoms with Crippen LogP contribution in [-0.4, -0.2) is 41.0 Å². The Balaban J connectivity index is 1.41. The predicted octanol–water partition coefficient (Wildman–Crippen LogP) is 2.90. The predicted molar refractivity (Wildman–Crippen MR) is 91.0 cm³/mol. The van der Waals surface area contributed by atoms with Gasteiger partial charge < -0.3 is 5.32 Å². The Labute approximate surface area is 136 Å². The molecule has 0 aliphatic carbocycles. The van der Waals surface area contributed by atoms with Crippen molar-refractivity contribution in [2.24, 2.45) is 11.8 Å². The second-order valence-corrected chi connectivity index (χ2v) is 7.72. The van der Waals surface area contributed by atoms with Crippen LogP contribution in [0.25, 0.3) is 10.3 Å². The van der Waals surface area contributed by atoms with Gasteiger partial charge in [-0.25, -0.2) is 9.97 Å². The van der Waals surface area contributed by atoms with Crippen molar-refractivity contribution in [3.05, 3.63) is 23.3 Å². The van der Waals surface area contributed by atoms with E-state index in [9.17, 15) is 0 Å². The molecule has 4 heterocycles. The monoisotopic (exact) mass is 316 g/mol. The van der Waals surface area contributed by atoms with Crippen molar-refractivity contribution in [1.82, 2.24) is 20.2 Å². The lowest BCUT2D eigenvalue weighted by atomic mass is 9.80. The number of thiazole rings is 1. The lowest BCUT2D eigenvalue weighted by molar-refractivity contribution is 0.113. The first-order chi connectivity index (χ1) is 10.9. The summed E-state index contributed by atoms with van der Waals surface area (Å²) < 4.78 is 0. The number of likely N-dealkylation sites (tertiary alicyclic amines) is 1. The molecule has 2 aliphatic rings. The first-order valence-corrected chi connectivity index (χ1v) is 9.33. The molecule has 0 radical (unpaired) electrons. The van der Waals surface area contributed by atoms with Crippen LogP contribution in [0.1, 0.15) is 30.7 Å². The van der Waals surface area contributed by atoms with Gasteiger partial charge in [-0.15, -0.1) is 0 Å². The fourth-order valence-corrected chi connectivity index (χ4v) is 4.96. The van der Waals surface area contributed by atoms with Gasteiger partial charge in [-0.1, -0.05) is 11.3 Å². The van der Waals surface area contributed by atoms with E-state index in [1.54, 1.807) is 11.3 Å². The third-order valence-corrected chi connectivity index (χ3v) is 6.13. The molecule has 2 fully saturated rings. The summed E-state index contributed by atoms with van der Waals surface area (Å²) in [5.41, 5.74) is 1.05. The Kier molecular flexibility index (Phi) is 4.37. The molecule has 4 nitrogen and oxygen atoms in total. The first kappa shape index (κ1) is 14.5. The first-order valence-electron chi connectivity index (χ1n) is 8.52. The van der Waals surface area contributed by atoms with Crippen molar-refractivity contribution in [3.63, 3.8) is 0 Å². The van der Waals surface area contributed by atoms with Crippen molar-refractivity contribution in [2.45, 2.75) is 32.2 Å². The van der Waals surface area contributed by atoms with E-state index < -0.39 is 0 Å². The second kappa shape index (κ2) is 6.60. The zero-order valence-corrected chi connectivity index (χ0v) is 13.8. The molecule has 4 rings (SSSR count). The second-order valence-electron chi connectivity index (χ2n) is 6.66. The van der Waals surface area contributed by atoms with Gasteiger partial charge in [0.2, 0.25) is 0 Å². The van der Waals surface area contributed by atoms with Gasteiger partial charge in [-0.3, -0.25) is 4.90 Å². The summed E-state index contributed by atoms with van der Waals surface area (Å²) in [5.74, 6) is 1.82. The number of hydrogen-bond donors (Lipinski definition) is 1. The Hall–Kier alpha value is -1.04. The van der Waals surface area contributed by atoms with Gasteiger partial charge in [0.25, 0.3) is 0 Å². The van der Waals surface area contributed by atoms with Gasteiger partial charge in [-0.2, -0.15) is 0 Å². The van der Waals surface area contributed by atoms with Crippen molar-refractivity contribution in [1.29, 1.82) is 0 Å². The molecule has 0 bridgehead atoms. The summed E-state index contributed by atoms with van der Waals surface area (Å²) in [7, 11) is 0. The number of pyridine rings is 1. The van der Waals surface area contributed by atoms with Crippen molar-refractivity contribution >= 4 is 21.7 Å². The minimum absolute atomic E-state index is 0.892. The van der Waals surface area contributed by atoms with Gasteiger partial charge in [0.05, 0.1) is 6.54 Å². The average Bonchev–Trinajstić information content (AvgIpc) is 2.98. The zero-order chi connectivity index (χ0) is 14.8. The fourth-order valence-electron chi connectivity index (χ4n) is 4.01. The maximum Gasteiger partial charge on any atom is 0.143 e. The van der Waals surface area contributed by atoms with Crippen LogP contribution in [0.15, 0.2) is 18.3 Å². The van der Waals surface area contributed by atoms with Gasteiger partial charge in [0.15, 0.2) is 0 Å². The van der Waals surface area contributed by atoms with Crippen molar-refractivity contribution in [2.75, 3.05) is 26.2 Å². The van der Waals surface area contributed by atoms with Gasteiger partial charge in [-0.05, 0) is 69.3 Å². The van der Waals surface area contributed by atoms with E-state index in [-0.39, 0.29) is 0 Å². The molecule has 0 spiro atoms. The highest BCUT2D eigenvalue weighted by Gasteiger charge is 2.28. The third-order valence-electron chi connectivity index (χ3n) is 5.16. The van der Waals surface area contributed by atoms with E-state index in [1.807, 2.05) is 12.3 Å². The largest absolute Gasteiger partial charge is 0.317 e. The van der Waals surface area contributed by atoms with Crippen LogP contribution in [0, 0.1) is 11.8 Å². The molecule has 2 aromatic heterocycles. The molecule has 1 unspecified atom stereocenters. The summed E-state index contributed by atoms with van der Waals surface area (Å²) in [5, 5.41) is 4.71. The quantitative estimate of drug-likeness (QED) is 0.945. The normalized spacial score (nSPS) is 24.8. The number of nitrogens with zero attached hydrogens (tertiary/aromatic N) is 3. The van der Waals surface area contributed by atoms with Crippen LogP contribution in [0.5, 0.6) is 0 Å². The van der Waals surface area contributed by atoms with Gasteiger partial charge in [0, 0.05) is 12.7 Å². The zero-order valence-electron chi connectivity index (χ0n) is 13.0. The lowest BCUT2D eigenvalue weighted by Gasteiger charge is -2.38. The molecule has 1 N–H and O–H groups in total. The Morgan fingerprint density at radius 3 is 3.00 bits per heavy atom. The molecule has 2 saturated heterocycles. The molecule has 1 atom stereocenters.